The lowest BCUT2D eigenvalue weighted by atomic mass is 10.0. The van der Waals surface area contributed by atoms with Crippen LogP contribution >= 0.6 is 0 Å². The van der Waals surface area contributed by atoms with Crippen molar-refractivity contribution in [2.45, 2.75) is 25.6 Å². The molecule has 3 heterocycles. The van der Waals surface area contributed by atoms with E-state index in [1.165, 1.54) is 12.8 Å². The zero-order chi connectivity index (χ0) is 21.9. The van der Waals surface area contributed by atoms with Crippen LogP contribution in [-0.4, -0.2) is 41.7 Å². The maximum atomic E-state index is 12.9. The number of rotatable bonds is 5. The van der Waals surface area contributed by atoms with E-state index >= 15 is 0 Å². The first-order chi connectivity index (χ1) is 15.7. The molecule has 3 aromatic rings. The Morgan fingerprint density at radius 1 is 1.03 bits per heavy atom. The maximum absolute atomic E-state index is 12.9. The van der Waals surface area contributed by atoms with Gasteiger partial charge in [-0.2, -0.15) is 0 Å². The number of nitrogens with one attached hydrogen (secondary N) is 2. The van der Waals surface area contributed by atoms with Crippen LogP contribution in [0.2, 0.25) is 0 Å². The molecule has 7 nitrogen and oxygen atoms in total. The number of carbonyl (C=O) groups excluding carboxylic acids is 2. The minimum atomic E-state index is -1.09. The Balaban J connectivity index is 1.40. The Kier molecular flexibility index (Phi) is 5.56. The van der Waals surface area contributed by atoms with Crippen molar-refractivity contribution in [3.63, 3.8) is 0 Å². The summed E-state index contributed by atoms with van der Waals surface area (Å²) in [6, 6.07) is 20.6. The van der Waals surface area contributed by atoms with Gasteiger partial charge in [0.05, 0.1) is 17.9 Å². The number of hydrogen-bond donors (Lipinski definition) is 2. The Morgan fingerprint density at radius 2 is 1.78 bits per heavy atom. The van der Waals surface area contributed by atoms with Crippen molar-refractivity contribution in [2.75, 3.05) is 18.4 Å². The number of furan rings is 1. The number of aliphatic imine (C=N–C) groups is 1. The minimum absolute atomic E-state index is 0.171. The largest absolute Gasteiger partial charge is 0.455 e. The molecule has 2 amide bonds. The third kappa shape index (κ3) is 4.20. The number of benzene rings is 2. The van der Waals surface area contributed by atoms with Gasteiger partial charge >= 0.3 is 0 Å². The van der Waals surface area contributed by atoms with E-state index in [4.69, 9.17) is 4.42 Å². The summed E-state index contributed by atoms with van der Waals surface area (Å²) in [5.41, 5.74) is 2.96. The van der Waals surface area contributed by atoms with Crippen molar-refractivity contribution in [1.29, 1.82) is 0 Å². The fourth-order valence-electron chi connectivity index (χ4n) is 4.12. The minimum Gasteiger partial charge on any atom is -0.455 e. The molecule has 1 fully saturated rings. The van der Waals surface area contributed by atoms with E-state index < -0.39 is 18.0 Å². The van der Waals surface area contributed by atoms with Gasteiger partial charge in [0, 0.05) is 11.1 Å². The molecule has 2 aliphatic rings. The second kappa shape index (κ2) is 8.80. The highest BCUT2D eigenvalue weighted by Gasteiger charge is 2.28. The number of amides is 2. The van der Waals surface area contributed by atoms with Gasteiger partial charge < -0.3 is 15.1 Å². The van der Waals surface area contributed by atoms with Gasteiger partial charge in [0.1, 0.15) is 5.76 Å². The highest BCUT2D eigenvalue weighted by molar-refractivity contribution is 6.20. The lowest BCUT2D eigenvalue weighted by Crippen LogP contribution is -2.42. The first kappa shape index (κ1) is 20.2. The first-order valence-corrected chi connectivity index (χ1v) is 10.8. The monoisotopic (exact) mass is 428 g/mol. The van der Waals surface area contributed by atoms with Crippen LogP contribution in [-0.2, 0) is 11.3 Å². The van der Waals surface area contributed by atoms with Crippen LogP contribution in [0.5, 0.6) is 0 Å². The molecule has 0 saturated carbocycles. The highest BCUT2D eigenvalue weighted by atomic mass is 16.4. The van der Waals surface area contributed by atoms with Gasteiger partial charge in [-0.05, 0) is 44.1 Å². The number of anilines is 1. The van der Waals surface area contributed by atoms with Gasteiger partial charge in [-0.25, -0.2) is 4.99 Å². The van der Waals surface area contributed by atoms with Gasteiger partial charge in [-0.15, -0.1) is 0 Å². The molecule has 1 atom stereocenters. The number of para-hydroxylation sites is 1. The summed E-state index contributed by atoms with van der Waals surface area (Å²) >= 11 is 0. The molecule has 0 bridgehead atoms. The third-order valence-electron chi connectivity index (χ3n) is 5.73. The Hall–Kier alpha value is -3.71. The predicted molar refractivity (Wildman–Crippen MR) is 122 cm³/mol. The van der Waals surface area contributed by atoms with Crippen LogP contribution in [0.25, 0.3) is 0 Å². The molecule has 0 spiro atoms. The van der Waals surface area contributed by atoms with Crippen LogP contribution in [0.15, 0.2) is 76.1 Å². The molecule has 5 rings (SSSR count). The normalized spacial score (nSPS) is 18.4. The van der Waals surface area contributed by atoms with Crippen LogP contribution in [0, 0.1) is 0 Å². The van der Waals surface area contributed by atoms with Gasteiger partial charge in [0.15, 0.2) is 5.76 Å². The third-order valence-corrected chi connectivity index (χ3v) is 5.73. The number of benzodiazepines with no additional fused rings is 1. The van der Waals surface area contributed by atoms with Crippen molar-refractivity contribution in [3.8, 4) is 0 Å². The number of hydrogen-bond acceptors (Lipinski definition) is 5. The van der Waals surface area contributed by atoms with E-state index in [1.807, 2.05) is 60.7 Å². The summed E-state index contributed by atoms with van der Waals surface area (Å²) in [6.45, 7) is 2.77. The highest BCUT2D eigenvalue weighted by Crippen LogP contribution is 2.24. The van der Waals surface area contributed by atoms with E-state index in [1.54, 1.807) is 6.07 Å². The van der Waals surface area contributed by atoms with Gasteiger partial charge in [0.25, 0.3) is 11.8 Å². The molecule has 1 aromatic heterocycles. The van der Waals surface area contributed by atoms with E-state index in [0.29, 0.717) is 17.9 Å². The standard InChI is InChI=1S/C25H24N4O3/c30-24(21-13-12-18(32-21)16-29-14-6-7-15-29)28-23-25(31)26-20-11-5-4-10-19(20)22(27-23)17-8-2-1-3-9-17/h1-5,8-13,23H,6-7,14-16H2,(H,26,31)(H,28,30)/t23-/m1/s1. The van der Waals surface area contributed by atoms with Crippen LogP contribution in [0.3, 0.4) is 0 Å². The second-order valence-electron chi connectivity index (χ2n) is 8.00. The number of nitrogens with zero attached hydrogens (tertiary/aromatic N) is 2. The maximum Gasteiger partial charge on any atom is 0.289 e. The number of fused-ring (bicyclic) bond motifs is 1. The lowest BCUT2D eigenvalue weighted by molar-refractivity contribution is -0.117. The summed E-state index contributed by atoms with van der Waals surface area (Å²) in [5.74, 6) is 0.0361. The van der Waals surface area contributed by atoms with E-state index in [2.05, 4.69) is 20.5 Å². The van der Waals surface area contributed by atoms with E-state index in [0.717, 1.165) is 30.0 Å². The van der Waals surface area contributed by atoms with E-state index in [9.17, 15) is 9.59 Å². The number of likely N-dealkylation sites (tertiary alicyclic amines) is 1. The van der Waals surface area contributed by atoms with Gasteiger partial charge in [-0.1, -0.05) is 48.5 Å². The molecule has 0 aliphatic carbocycles. The van der Waals surface area contributed by atoms with Crippen LogP contribution in [0.4, 0.5) is 5.69 Å². The quantitative estimate of drug-likeness (QED) is 0.652. The summed E-state index contributed by atoms with van der Waals surface area (Å²) in [6.07, 6.45) is 1.29. The zero-order valence-corrected chi connectivity index (χ0v) is 17.6. The fourth-order valence-corrected chi connectivity index (χ4v) is 4.12. The molecule has 0 unspecified atom stereocenters. The fraction of sp³-hybridized carbons (Fsp3) is 0.240. The Morgan fingerprint density at radius 3 is 2.59 bits per heavy atom. The molecule has 2 aromatic carbocycles. The zero-order valence-electron chi connectivity index (χ0n) is 17.6. The molecular formula is C25H24N4O3. The molecule has 32 heavy (non-hydrogen) atoms. The second-order valence-corrected chi connectivity index (χ2v) is 8.00. The molecular weight excluding hydrogens is 404 g/mol. The summed E-state index contributed by atoms with van der Waals surface area (Å²) in [4.78, 5) is 32.7. The lowest BCUT2D eigenvalue weighted by Gasteiger charge is -2.13. The summed E-state index contributed by atoms with van der Waals surface area (Å²) < 4.78 is 5.75. The molecule has 1 saturated heterocycles. The summed E-state index contributed by atoms with van der Waals surface area (Å²) in [5, 5.41) is 5.60. The van der Waals surface area contributed by atoms with E-state index in [-0.39, 0.29) is 5.76 Å². The Labute approximate surface area is 186 Å². The molecule has 162 valence electrons. The molecule has 2 N–H and O–H groups in total. The average molecular weight is 428 g/mol. The smallest absolute Gasteiger partial charge is 0.289 e. The SMILES string of the molecule is O=C(N[C@H]1N=C(c2ccccc2)c2ccccc2NC1=O)c1ccc(CN2CCCC2)o1. The van der Waals surface area contributed by atoms with Crippen molar-refractivity contribution < 1.29 is 14.0 Å². The molecule has 7 heteroatoms. The molecule has 2 aliphatic heterocycles. The van der Waals surface area contributed by atoms with Crippen molar-refractivity contribution in [2.24, 2.45) is 4.99 Å². The van der Waals surface area contributed by atoms with Crippen LogP contribution in [0.1, 0.15) is 40.3 Å². The topological polar surface area (TPSA) is 86.9 Å². The first-order valence-electron chi connectivity index (χ1n) is 10.8. The van der Waals surface area contributed by atoms with Gasteiger partial charge in [-0.3, -0.25) is 14.5 Å². The number of carbonyl (C=O) groups is 2. The summed E-state index contributed by atoms with van der Waals surface area (Å²) in [7, 11) is 0. The Bertz CT molecular complexity index is 1160. The van der Waals surface area contributed by atoms with Crippen LogP contribution < -0.4 is 10.6 Å². The van der Waals surface area contributed by atoms with Crippen molar-refractivity contribution >= 4 is 23.2 Å². The van der Waals surface area contributed by atoms with Gasteiger partial charge in [0.2, 0.25) is 6.17 Å². The molecule has 0 radical (unpaired) electrons. The van der Waals surface area contributed by atoms with Crippen molar-refractivity contribution in [3.05, 3.63) is 89.4 Å². The average Bonchev–Trinajstić information content (AvgIpc) is 3.48. The predicted octanol–water partition coefficient (Wildman–Crippen LogP) is 3.42. The van der Waals surface area contributed by atoms with Crippen molar-refractivity contribution in [1.82, 2.24) is 10.2 Å².